The fourth-order valence-corrected chi connectivity index (χ4v) is 4.68. The number of aromatic nitrogens is 2. The number of likely N-dealkylation sites (tertiary alicyclic amines) is 1. The molecule has 0 atom stereocenters. The van der Waals surface area contributed by atoms with Crippen molar-refractivity contribution in [3.8, 4) is 0 Å². The first kappa shape index (κ1) is 17.6. The molecule has 1 saturated heterocycles. The number of nitrogens with one attached hydrogen (secondary N) is 1. The SMILES string of the molecule is CC1CCC(CNC(=O)Cc2nnc(N)s2)(N2CCCCC2)CC1. The molecule has 1 aliphatic heterocycles. The van der Waals surface area contributed by atoms with Crippen molar-refractivity contribution in [3.05, 3.63) is 5.01 Å². The van der Waals surface area contributed by atoms with Crippen LogP contribution in [0.15, 0.2) is 0 Å². The van der Waals surface area contributed by atoms with Gasteiger partial charge in [-0.05, 0) is 57.5 Å². The highest BCUT2D eigenvalue weighted by molar-refractivity contribution is 7.15. The molecule has 2 heterocycles. The van der Waals surface area contributed by atoms with E-state index in [0.29, 0.717) is 10.1 Å². The minimum absolute atomic E-state index is 0.0288. The Morgan fingerprint density at radius 2 is 2.00 bits per heavy atom. The molecule has 0 spiro atoms. The van der Waals surface area contributed by atoms with Crippen molar-refractivity contribution in [2.45, 2.75) is 63.8 Å². The highest BCUT2D eigenvalue weighted by Crippen LogP contribution is 2.37. The molecule has 1 aromatic heterocycles. The normalized spacial score (nSPS) is 28.6. The molecule has 3 N–H and O–H groups in total. The molecule has 1 aliphatic carbocycles. The molecule has 1 amide bonds. The van der Waals surface area contributed by atoms with Crippen LogP contribution in [0.4, 0.5) is 5.13 Å². The summed E-state index contributed by atoms with van der Waals surface area (Å²) in [5, 5.41) is 12.0. The number of amides is 1. The van der Waals surface area contributed by atoms with E-state index in [1.165, 1.54) is 69.4 Å². The van der Waals surface area contributed by atoms with Gasteiger partial charge in [-0.2, -0.15) is 0 Å². The van der Waals surface area contributed by atoms with E-state index < -0.39 is 0 Å². The number of nitrogens with two attached hydrogens (primary N) is 1. The predicted molar refractivity (Wildman–Crippen MR) is 96.8 cm³/mol. The average Bonchev–Trinajstić information content (AvgIpc) is 3.00. The molecule has 0 unspecified atom stereocenters. The lowest BCUT2D eigenvalue weighted by Gasteiger charge is -2.49. The maximum atomic E-state index is 12.3. The van der Waals surface area contributed by atoms with Crippen LogP contribution < -0.4 is 11.1 Å². The third-order valence-electron chi connectivity index (χ3n) is 5.64. The number of piperidine rings is 1. The second-order valence-electron chi connectivity index (χ2n) is 7.44. The van der Waals surface area contributed by atoms with E-state index >= 15 is 0 Å². The van der Waals surface area contributed by atoms with Gasteiger partial charge in [-0.1, -0.05) is 24.7 Å². The van der Waals surface area contributed by atoms with Crippen molar-refractivity contribution in [2.24, 2.45) is 5.92 Å². The van der Waals surface area contributed by atoms with Crippen LogP contribution in [0.2, 0.25) is 0 Å². The Hall–Kier alpha value is -1.21. The summed E-state index contributed by atoms with van der Waals surface area (Å²) in [6.45, 7) is 5.46. The van der Waals surface area contributed by atoms with Crippen molar-refractivity contribution in [1.82, 2.24) is 20.4 Å². The Morgan fingerprint density at radius 1 is 1.29 bits per heavy atom. The Morgan fingerprint density at radius 3 is 2.62 bits per heavy atom. The number of hydrogen-bond donors (Lipinski definition) is 2. The Kier molecular flexibility index (Phi) is 5.71. The molecule has 0 radical (unpaired) electrons. The van der Waals surface area contributed by atoms with Crippen LogP contribution in [-0.4, -0.2) is 46.2 Å². The topological polar surface area (TPSA) is 84.1 Å². The van der Waals surface area contributed by atoms with Crippen LogP contribution in [0.3, 0.4) is 0 Å². The van der Waals surface area contributed by atoms with E-state index in [-0.39, 0.29) is 17.9 Å². The maximum Gasteiger partial charge on any atom is 0.227 e. The van der Waals surface area contributed by atoms with Gasteiger partial charge in [-0.3, -0.25) is 9.69 Å². The van der Waals surface area contributed by atoms with Crippen molar-refractivity contribution >= 4 is 22.4 Å². The van der Waals surface area contributed by atoms with Crippen molar-refractivity contribution in [3.63, 3.8) is 0 Å². The van der Waals surface area contributed by atoms with Gasteiger partial charge in [-0.15, -0.1) is 10.2 Å². The molecule has 0 aromatic carbocycles. The smallest absolute Gasteiger partial charge is 0.227 e. The first-order valence-electron chi connectivity index (χ1n) is 9.17. The summed E-state index contributed by atoms with van der Waals surface area (Å²) in [5.74, 6) is 0.837. The molecule has 0 bridgehead atoms. The molecule has 2 aliphatic rings. The number of carbonyl (C=O) groups is 1. The summed E-state index contributed by atoms with van der Waals surface area (Å²) in [7, 11) is 0. The lowest BCUT2D eigenvalue weighted by atomic mass is 9.75. The van der Waals surface area contributed by atoms with Gasteiger partial charge in [0, 0.05) is 12.1 Å². The van der Waals surface area contributed by atoms with Crippen LogP contribution >= 0.6 is 11.3 Å². The van der Waals surface area contributed by atoms with Crippen LogP contribution in [-0.2, 0) is 11.2 Å². The molecule has 1 aromatic rings. The maximum absolute atomic E-state index is 12.3. The number of nitrogen functional groups attached to an aromatic ring is 1. The van der Waals surface area contributed by atoms with Gasteiger partial charge in [0.05, 0.1) is 6.42 Å². The lowest BCUT2D eigenvalue weighted by Crippen LogP contribution is -2.58. The van der Waals surface area contributed by atoms with E-state index in [1.54, 1.807) is 0 Å². The first-order valence-corrected chi connectivity index (χ1v) is 9.99. The molecule has 3 rings (SSSR count). The zero-order valence-corrected chi connectivity index (χ0v) is 15.4. The number of nitrogens with zero attached hydrogens (tertiary/aromatic N) is 3. The molecule has 2 fully saturated rings. The number of anilines is 1. The third kappa shape index (κ3) is 4.25. The summed E-state index contributed by atoms with van der Waals surface area (Å²) < 4.78 is 0. The minimum Gasteiger partial charge on any atom is -0.374 e. The van der Waals surface area contributed by atoms with Gasteiger partial charge >= 0.3 is 0 Å². The quantitative estimate of drug-likeness (QED) is 0.850. The average molecular weight is 352 g/mol. The van der Waals surface area contributed by atoms with Gasteiger partial charge < -0.3 is 11.1 Å². The fourth-order valence-electron chi connectivity index (χ4n) is 4.07. The van der Waals surface area contributed by atoms with Gasteiger partial charge in [-0.25, -0.2) is 0 Å². The largest absolute Gasteiger partial charge is 0.374 e. The second-order valence-corrected chi connectivity index (χ2v) is 8.54. The van der Waals surface area contributed by atoms with Crippen molar-refractivity contribution < 1.29 is 4.79 Å². The summed E-state index contributed by atoms with van der Waals surface area (Å²) in [6, 6.07) is 0. The standard InChI is InChI=1S/C17H29N5OS/c1-13-5-7-17(8-6-13,22-9-3-2-4-10-22)12-19-14(23)11-15-20-21-16(18)24-15/h13H,2-12H2,1H3,(H2,18,21)(H,19,23). The van der Waals surface area contributed by atoms with Gasteiger partial charge in [0.2, 0.25) is 11.0 Å². The molecule has 24 heavy (non-hydrogen) atoms. The summed E-state index contributed by atoms with van der Waals surface area (Å²) in [5.41, 5.74) is 5.74. The Labute approximate surface area is 148 Å². The van der Waals surface area contributed by atoms with Gasteiger partial charge in [0.25, 0.3) is 0 Å². The van der Waals surface area contributed by atoms with E-state index in [1.807, 2.05) is 0 Å². The second kappa shape index (κ2) is 7.78. The number of hydrogen-bond acceptors (Lipinski definition) is 6. The molecular formula is C17H29N5OS. The minimum atomic E-state index is 0.0288. The van der Waals surface area contributed by atoms with Crippen LogP contribution in [0, 0.1) is 5.92 Å². The third-order valence-corrected chi connectivity index (χ3v) is 6.39. The van der Waals surface area contributed by atoms with Gasteiger partial charge in [0.1, 0.15) is 5.01 Å². The number of rotatable bonds is 5. The van der Waals surface area contributed by atoms with Crippen LogP contribution in [0.1, 0.15) is 56.9 Å². The van der Waals surface area contributed by atoms with Crippen LogP contribution in [0.25, 0.3) is 0 Å². The Bertz CT molecular complexity index is 547. The summed E-state index contributed by atoms with van der Waals surface area (Å²) in [4.78, 5) is 15.0. The molecular weight excluding hydrogens is 322 g/mol. The molecule has 1 saturated carbocycles. The monoisotopic (exact) mass is 351 g/mol. The van der Waals surface area contributed by atoms with Gasteiger partial charge in [0.15, 0.2) is 0 Å². The summed E-state index contributed by atoms with van der Waals surface area (Å²) in [6.07, 6.45) is 9.11. The van der Waals surface area contributed by atoms with Crippen LogP contribution in [0.5, 0.6) is 0 Å². The Balaban J connectivity index is 1.60. The first-order chi connectivity index (χ1) is 11.6. The van der Waals surface area contributed by atoms with Crippen molar-refractivity contribution in [2.75, 3.05) is 25.4 Å². The highest BCUT2D eigenvalue weighted by Gasteiger charge is 2.40. The van der Waals surface area contributed by atoms with E-state index in [2.05, 4.69) is 27.3 Å². The van der Waals surface area contributed by atoms with Crippen molar-refractivity contribution in [1.29, 1.82) is 0 Å². The van der Waals surface area contributed by atoms with E-state index in [4.69, 9.17) is 5.73 Å². The van der Waals surface area contributed by atoms with E-state index in [0.717, 1.165) is 12.5 Å². The van der Waals surface area contributed by atoms with E-state index in [9.17, 15) is 4.79 Å². The molecule has 7 heteroatoms. The highest BCUT2D eigenvalue weighted by atomic mass is 32.1. The lowest BCUT2D eigenvalue weighted by molar-refractivity contribution is -0.121. The fraction of sp³-hybridized carbons (Fsp3) is 0.824. The summed E-state index contributed by atoms with van der Waals surface area (Å²) >= 11 is 1.29. The number of carbonyl (C=O) groups excluding carboxylic acids is 1. The molecule has 134 valence electrons. The zero-order chi connectivity index (χ0) is 17.0. The predicted octanol–water partition coefficient (Wildman–Crippen LogP) is 2.21. The molecule has 6 nitrogen and oxygen atoms in total. The zero-order valence-electron chi connectivity index (χ0n) is 14.6.